The molecule has 2 aromatic carbocycles. The SMILES string of the molecule is COc1ccc2c(c1OC(=O)N(C)C)CN1CCc3cc4c(cc3C1C2)OCO4. The van der Waals surface area contributed by atoms with E-state index in [0.717, 1.165) is 36.4 Å². The number of methoxy groups -OCH3 is 1. The van der Waals surface area contributed by atoms with E-state index in [4.69, 9.17) is 18.9 Å². The lowest BCUT2D eigenvalue weighted by atomic mass is 9.83. The zero-order chi connectivity index (χ0) is 20.1. The zero-order valence-electron chi connectivity index (χ0n) is 16.9. The highest BCUT2D eigenvalue weighted by Crippen LogP contribution is 2.46. The molecule has 0 aliphatic carbocycles. The Hall–Kier alpha value is -2.93. The van der Waals surface area contributed by atoms with Gasteiger partial charge in [0.1, 0.15) is 0 Å². The maximum absolute atomic E-state index is 12.2. The molecule has 0 fully saturated rings. The predicted octanol–water partition coefficient (Wildman–Crippen LogP) is 3.14. The Bertz CT molecular complexity index is 988. The molecule has 0 saturated heterocycles. The molecule has 0 bridgehead atoms. The summed E-state index contributed by atoms with van der Waals surface area (Å²) in [4.78, 5) is 16.1. The maximum Gasteiger partial charge on any atom is 0.414 e. The van der Waals surface area contributed by atoms with Gasteiger partial charge in [-0.1, -0.05) is 6.07 Å². The van der Waals surface area contributed by atoms with Crippen LogP contribution in [0.25, 0.3) is 0 Å². The third-order valence-corrected chi connectivity index (χ3v) is 5.97. The Morgan fingerprint density at radius 1 is 1.17 bits per heavy atom. The molecule has 0 N–H and O–H groups in total. The summed E-state index contributed by atoms with van der Waals surface area (Å²) >= 11 is 0. The molecular weight excluding hydrogens is 372 g/mol. The van der Waals surface area contributed by atoms with Crippen LogP contribution >= 0.6 is 0 Å². The second-order valence-electron chi connectivity index (χ2n) is 7.84. The summed E-state index contributed by atoms with van der Waals surface area (Å²) in [7, 11) is 4.94. The van der Waals surface area contributed by atoms with Gasteiger partial charge in [0.05, 0.1) is 7.11 Å². The molecule has 3 aliphatic rings. The quantitative estimate of drug-likeness (QED) is 0.777. The number of fused-ring (bicyclic) bond motifs is 5. The van der Waals surface area contributed by atoms with Gasteiger partial charge in [0.15, 0.2) is 23.0 Å². The van der Waals surface area contributed by atoms with Crippen LogP contribution in [-0.2, 0) is 19.4 Å². The van der Waals surface area contributed by atoms with E-state index in [1.807, 2.05) is 6.07 Å². The van der Waals surface area contributed by atoms with Gasteiger partial charge in [0.2, 0.25) is 6.79 Å². The molecular formula is C22H24N2O5. The molecule has 152 valence electrons. The summed E-state index contributed by atoms with van der Waals surface area (Å²) < 4.78 is 22.4. The molecule has 29 heavy (non-hydrogen) atoms. The monoisotopic (exact) mass is 396 g/mol. The number of carbonyl (C=O) groups excluding carboxylic acids is 1. The van der Waals surface area contributed by atoms with E-state index in [1.165, 1.54) is 21.6 Å². The highest BCUT2D eigenvalue weighted by molar-refractivity contribution is 5.72. The normalized spacial score (nSPS) is 19.1. The molecule has 1 atom stereocenters. The summed E-state index contributed by atoms with van der Waals surface area (Å²) in [6.07, 6.45) is 1.39. The summed E-state index contributed by atoms with van der Waals surface area (Å²) in [5.41, 5.74) is 4.83. The molecule has 7 nitrogen and oxygen atoms in total. The lowest BCUT2D eigenvalue weighted by molar-refractivity contribution is 0.151. The Morgan fingerprint density at radius 3 is 2.72 bits per heavy atom. The fourth-order valence-corrected chi connectivity index (χ4v) is 4.45. The van der Waals surface area contributed by atoms with Crippen LogP contribution in [0.1, 0.15) is 28.3 Å². The van der Waals surface area contributed by atoms with E-state index in [0.29, 0.717) is 18.0 Å². The van der Waals surface area contributed by atoms with Crippen molar-refractivity contribution in [1.29, 1.82) is 0 Å². The predicted molar refractivity (Wildman–Crippen MR) is 106 cm³/mol. The third kappa shape index (κ3) is 2.97. The first kappa shape index (κ1) is 18.1. The first-order valence-electron chi connectivity index (χ1n) is 9.79. The second kappa shape index (κ2) is 6.84. The minimum absolute atomic E-state index is 0.270. The molecule has 5 rings (SSSR count). The van der Waals surface area contributed by atoms with E-state index in [-0.39, 0.29) is 12.8 Å². The van der Waals surface area contributed by atoms with E-state index in [9.17, 15) is 4.79 Å². The van der Waals surface area contributed by atoms with Crippen LogP contribution in [0.2, 0.25) is 0 Å². The summed E-state index contributed by atoms with van der Waals surface area (Å²) in [6.45, 7) is 1.94. The van der Waals surface area contributed by atoms with Crippen molar-refractivity contribution < 1.29 is 23.7 Å². The molecule has 0 saturated carbocycles. The standard InChI is InChI=1S/C22H24N2O5/c1-23(2)22(25)29-21-16-11-24-7-6-14-9-19-20(28-12-27-19)10-15(14)17(24)8-13(16)4-5-18(21)26-3/h4-5,9-10,17H,6-8,11-12H2,1-3H3. The van der Waals surface area contributed by atoms with Crippen molar-refractivity contribution in [2.45, 2.75) is 25.4 Å². The average molecular weight is 396 g/mol. The van der Waals surface area contributed by atoms with Gasteiger partial charge in [-0.15, -0.1) is 0 Å². The van der Waals surface area contributed by atoms with Gasteiger partial charge in [-0.25, -0.2) is 4.79 Å². The van der Waals surface area contributed by atoms with Gasteiger partial charge in [-0.3, -0.25) is 4.90 Å². The summed E-state index contributed by atoms with van der Waals surface area (Å²) in [5, 5.41) is 0. The number of nitrogens with zero attached hydrogens (tertiary/aromatic N) is 2. The molecule has 7 heteroatoms. The smallest absolute Gasteiger partial charge is 0.414 e. The van der Waals surface area contributed by atoms with Crippen LogP contribution in [-0.4, -0.2) is 50.4 Å². The van der Waals surface area contributed by atoms with Crippen molar-refractivity contribution in [2.24, 2.45) is 0 Å². The van der Waals surface area contributed by atoms with Crippen molar-refractivity contribution in [3.8, 4) is 23.0 Å². The highest BCUT2D eigenvalue weighted by atomic mass is 16.7. The molecule has 3 aliphatic heterocycles. The van der Waals surface area contributed by atoms with Crippen LogP contribution in [0.5, 0.6) is 23.0 Å². The van der Waals surface area contributed by atoms with Crippen molar-refractivity contribution >= 4 is 6.09 Å². The number of hydrogen-bond donors (Lipinski definition) is 0. The van der Waals surface area contributed by atoms with Gasteiger partial charge in [0, 0.05) is 38.8 Å². The Morgan fingerprint density at radius 2 is 1.97 bits per heavy atom. The molecule has 2 aromatic rings. The molecule has 0 spiro atoms. The third-order valence-electron chi connectivity index (χ3n) is 5.97. The molecule has 0 radical (unpaired) electrons. The number of carbonyl (C=O) groups is 1. The van der Waals surface area contributed by atoms with Gasteiger partial charge in [0.25, 0.3) is 0 Å². The van der Waals surface area contributed by atoms with E-state index < -0.39 is 6.09 Å². The molecule has 1 unspecified atom stereocenters. The van der Waals surface area contributed by atoms with E-state index in [1.54, 1.807) is 21.2 Å². The highest BCUT2D eigenvalue weighted by Gasteiger charge is 2.36. The van der Waals surface area contributed by atoms with Gasteiger partial charge in [-0.2, -0.15) is 0 Å². The zero-order valence-corrected chi connectivity index (χ0v) is 16.9. The molecule has 3 heterocycles. The maximum atomic E-state index is 12.2. The largest absolute Gasteiger partial charge is 0.493 e. The molecule has 0 aromatic heterocycles. The van der Waals surface area contributed by atoms with Crippen LogP contribution in [0, 0.1) is 0 Å². The number of rotatable bonds is 2. The Kier molecular flexibility index (Phi) is 4.28. The minimum atomic E-state index is -0.407. The Labute approximate surface area is 169 Å². The van der Waals surface area contributed by atoms with Crippen molar-refractivity contribution in [1.82, 2.24) is 9.80 Å². The summed E-state index contributed by atoms with van der Waals surface area (Å²) in [6, 6.07) is 8.50. The van der Waals surface area contributed by atoms with Crippen molar-refractivity contribution in [3.63, 3.8) is 0 Å². The number of benzene rings is 2. The van der Waals surface area contributed by atoms with Crippen LogP contribution < -0.4 is 18.9 Å². The van der Waals surface area contributed by atoms with Crippen LogP contribution in [0.15, 0.2) is 24.3 Å². The first-order valence-corrected chi connectivity index (χ1v) is 9.79. The van der Waals surface area contributed by atoms with Gasteiger partial charge in [-0.05, 0) is 47.7 Å². The number of hydrogen-bond acceptors (Lipinski definition) is 6. The minimum Gasteiger partial charge on any atom is -0.493 e. The van der Waals surface area contributed by atoms with Crippen molar-refractivity contribution in [2.75, 3.05) is 34.5 Å². The van der Waals surface area contributed by atoms with Crippen molar-refractivity contribution in [3.05, 3.63) is 46.5 Å². The number of ether oxygens (including phenoxy) is 4. The van der Waals surface area contributed by atoms with Crippen LogP contribution in [0.3, 0.4) is 0 Å². The fraction of sp³-hybridized carbons (Fsp3) is 0.409. The topological polar surface area (TPSA) is 60.5 Å². The van der Waals surface area contributed by atoms with E-state index in [2.05, 4.69) is 23.1 Å². The van der Waals surface area contributed by atoms with Gasteiger partial charge >= 0.3 is 6.09 Å². The fourth-order valence-electron chi connectivity index (χ4n) is 4.45. The number of amides is 1. The average Bonchev–Trinajstić information content (AvgIpc) is 3.18. The first-order chi connectivity index (χ1) is 14.0. The Balaban J connectivity index is 1.53. The van der Waals surface area contributed by atoms with Crippen LogP contribution in [0.4, 0.5) is 4.79 Å². The molecule has 1 amide bonds. The lowest BCUT2D eigenvalue weighted by Gasteiger charge is -2.42. The summed E-state index contributed by atoms with van der Waals surface area (Å²) in [5.74, 6) is 2.78. The van der Waals surface area contributed by atoms with Gasteiger partial charge < -0.3 is 23.8 Å². The van der Waals surface area contributed by atoms with E-state index >= 15 is 0 Å². The lowest BCUT2D eigenvalue weighted by Crippen LogP contribution is -2.39. The second-order valence-corrected chi connectivity index (χ2v) is 7.84.